The second kappa shape index (κ2) is 7.73. The molecular weight excluding hydrogens is 312 g/mol. The van der Waals surface area contributed by atoms with E-state index in [2.05, 4.69) is 15.6 Å². The highest BCUT2D eigenvalue weighted by Crippen LogP contribution is 2.16. The number of benzene rings is 1. The molecule has 1 heterocycles. The summed E-state index contributed by atoms with van der Waals surface area (Å²) in [6.07, 6.45) is 1.46. The number of carbonyl (C=O) groups excluding carboxylic acids is 3. The predicted molar refractivity (Wildman–Crippen MR) is 86.4 cm³/mol. The number of hydrogen-bond donors (Lipinski definition) is 4. The Hall–Kier alpha value is -3.42. The van der Waals surface area contributed by atoms with Gasteiger partial charge in [0.05, 0.1) is 0 Å². The van der Waals surface area contributed by atoms with E-state index in [1.807, 2.05) is 0 Å². The average Bonchev–Trinajstić information content (AvgIpc) is 2.55. The molecule has 8 heteroatoms. The SMILES string of the molecule is NC(=O)CCNC(=O)c1ccc(NC(=O)c2ncccc2O)cc1. The Balaban J connectivity index is 1.97. The normalized spacial score (nSPS) is 10.0. The zero-order valence-corrected chi connectivity index (χ0v) is 12.7. The minimum Gasteiger partial charge on any atom is -0.505 e. The quantitative estimate of drug-likeness (QED) is 0.617. The summed E-state index contributed by atoms with van der Waals surface area (Å²) in [7, 11) is 0. The molecule has 0 fully saturated rings. The molecule has 1 aromatic heterocycles. The topological polar surface area (TPSA) is 134 Å². The van der Waals surface area contributed by atoms with Crippen molar-refractivity contribution in [3.63, 3.8) is 0 Å². The van der Waals surface area contributed by atoms with Gasteiger partial charge in [0.2, 0.25) is 5.91 Å². The van der Waals surface area contributed by atoms with Gasteiger partial charge >= 0.3 is 0 Å². The van der Waals surface area contributed by atoms with Crippen LogP contribution in [0.1, 0.15) is 27.3 Å². The largest absolute Gasteiger partial charge is 0.505 e. The lowest BCUT2D eigenvalue weighted by molar-refractivity contribution is -0.117. The van der Waals surface area contributed by atoms with Gasteiger partial charge in [0.1, 0.15) is 5.75 Å². The fourth-order valence-electron chi connectivity index (χ4n) is 1.87. The molecule has 0 saturated carbocycles. The molecule has 8 nitrogen and oxygen atoms in total. The number of carbonyl (C=O) groups is 3. The molecule has 2 rings (SSSR count). The highest BCUT2D eigenvalue weighted by Gasteiger charge is 2.12. The zero-order valence-electron chi connectivity index (χ0n) is 12.7. The molecule has 0 aliphatic heterocycles. The number of aromatic hydroxyl groups is 1. The molecule has 0 radical (unpaired) electrons. The van der Waals surface area contributed by atoms with Gasteiger partial charge in [-0.3, -0.25) is 14.4 Å². The van der Waals surface area contributed by atoms with E-state index in [9.17, 15) is 19.5 Å². The van der Waals surface area contributed by atoms with Crippen LogP contribution in [0.15, 0.2) is 42.6 Å². The van der Waals surface area contributed by atoms with Crippen molar-refractivity contribution in [2.45, 2.75) is 6.42 Å². The Morgan fingerprint density at radius 2 is 1.79 bits per heavy atom. The number of nitrogens with one attached hydrogen (secondary N) is 2. The Morgan fingerprint density at radius 1 is 1.08 bits per heavy atom. The van der Waals surface area contributed by atoms with Crippen LogP contribution in [0.5, 0.6) is 5.75 Å². The summed E-state index contributed by atoms with van der Waals surface area (Å²) in [6.45, 7) is 0.158. The molecule has 0 unspecified atom stereocenters. The molecular formula is C16H16N4O4. The number of aromatic nitrogens is 1. The van der Waals surface area contributed by atoms with Crippen LogP contribution in [0.4, 0.5) is 5.69 Å². The Labute approximate surface area is 137 Å². The molecule has 24 heavy (non-hydrogen) atoms. The van der Waals surface area contributed by atoms with E-state index in [1.165, 1.54) is 30.5 Å². The number of primary amides is 1. The van der Waals surface area contributed by atoms with E-state index in [0.717, 1.165) is 0 Å². The van der Waals surface area contributed by atoms with Gasteiger partial charge in [-0.1, -0.05) is 0 Å². The van der Waals surface area contributed by atoms with Crippen LogP contribution in [0.25, 0.3) is 0 Å². The van der Waals surface area contributed by atoms with Gasteiger partial charge in [0.15, 0.2) is 5.69 Å². The predicted octanol–water partition coefficient (Wildman–Crippen LogP) is 0.645. The number of anilines is 1. The van der Waals surface area contributed by atoms with Crippen LogP contribution in [-0.4, -0.2) is 34.4 Å². The van der Waals surface area contributed by atoms with E-state index in [1.54, 1.807) is 12.1 Å². The minimum atomic E-state index is -0.563. The lowest BCUT2D eigenvalue weighted by Crippen LogP contribution is -2.27. The molecule has 1 aromatic carbocycles. The monoisotopic (exact) mass is 328 g/mol. The summed E-state index contributed by atoms with van der Waals surface area (Å²) in [5, 5.41) is 14.7. The van der Waals surface area contributed by atoms with Crippen molar-refractivity contribution in [2.75, 3.05) is 11.9 Å². The maximum absolute atomic E-state index is 12.0. The first-order valence-electron chi connectivity index (χ1n) is 7.09. The summed E-state index contributed by atoms with van der Waals surface area (Å²) in [4.78, 5) is 38.3. The van der Waals surface area contributed by atoms with Gasteiger partial charge in [-0.25, -0.2) is 4.98 Å². The molecule has 0 aliphatic rings. The summed E-state index contributed by atoms with van der Waals surface area (Å²) in [5.74, 6) is -1.63. The number of pyridine rings is 1. The van der Waals surface area contributed by atoms with Gasteiger partial charge in [0, 0.05) is 30.4 Å². The molecule has 0 atom stereocenters. The fourth-order valence-corrected chi connectivity index (χ4v) is 1.87. The van der Waals surface area contributed by atoms with Gasteiger partial charge in [-0.2, -0.15) is 0 Å². The molecule has 0 aliphatic carbocycles. The second-order valence-electron chi connectivity index (χ2n) is 4.87. The van der Waals surface area contributed by atoms with Crippen molar-refractivity contribution in [3.8, 4) is 5.75 Å². The van der Waals surface area contributed by atoms with Gasteiger partial charge < -0.3 is 21.5 Å². The first kappa shape index (κ1) is 16.9. The first-order valence-corrected chi connectivity index (χ1v) is 7.09. The Morgan fingerprint density at radius 3 is 2.42 bits per heavy atom. The highest BCUT2D eigenvalue weighted by molar-refractivity contribution is 6.04. The Kier molecular flexibility index (Phi) is 5.45. The van der Waals surface area contributed by atoms with Crippen LogP contribution in [0.3, 0.4) is 0 Å². The summed E-state index contributed by atoms with van der Waals surface area (Å²) < 4.78 is 0. The van der Waals surface area contributed by atoms with Crippen molar-refractivity contribution < 1.29 is 19.5 Å². The number of rotatable bonds is 6. The number of hydrogen-bond acceptors (Lipinski definition) is 5. The number of nitrogens with zero attached hydrogens (tertiary/aromatic N) is 1. The van der Waals surface area contributed by atoms with Crippen LogP contribution >= 0.6 is 0 Å². The van der Waals surface area contributed by atoms with Crippen LogP contribution in [0, 0.1) is 0 Å². The lowest BCUT2D eigenvalue weighted by atomic mass is 10.2. The van der Waals surface area contributed by atoms with Crippen LogP contribution < -0.4 is 16.4 Å². The fraction of sp³-hybridized carbons (Fsp3) is 0.125. The minimum absolute atomic E-state index is 0.0629. The second-order valence-corrected chi connectivity index (χ2v) is 4.87. The zero-order chi connectivity index (χ0) is 17.5. The molecule has 0 bridgehead atoms. The first-order chi connectivity index (χ1) is 11.5. The maximum Gasteiger partial charge on any atom is 0.278 e. The van der Waals surface area contributed by atoms with E-state index in [4.69, 9.17) is 5.73 Å². The summed E-state index contributed by atoms with van der Waals surface area (Å²) >= 11 is 0. The molecule has 0 saturated heterocycles. The molecule has 2 aromatic rings. The third-order valence-electron chi connectivity index (χ3n) is 3.06. The molecule has 5 N–H and O–H groups in total. The van der Waals surface area contributed by atoms with Crippen molar-refractivity contribution in [3.05, 3.63) is 53.9 Å². The third kappa shape index (κ3) is 4.54. The summed E-state index contributed by atoms with van der Waals surface area (Å²) in [6, 6.07) is 9.00. The van der Waals surface area contributed by atoms with Crippen molar-refractivity contribution in [1.82, 2.24) is 10.3 Å². The van der Waals surface area contributed by atoms with Crippen LogP contribution in [0.2, 0.25) is 0 Å². The average molecular weight is 328 g/mol. The smallest absolute Gasteiger partial charge is 0.278 e. The number of nitrogens with two attached hydrogens (primary N) is 1. The lowest BCUT2D eigenvalue weighted by Gasteiger charge is -2.07. The maximum atomic E-state index is 12.0. The van der Waals surface area contributed by atoms with Crippen LogP contribution in [-0.2, 0) is 4.79 Å². The van der Waals surface area contributed by atoms with Gasteiger partial charge in [0.25, 0.3) is 11.8 Å². The van der Waals surface area contributed by atoms with E-state index < -0.39 is 11.8 Å². The van der Waals surface area contributed by atoms with Gasteiger partial charge in [-0.15, -0.1) is 0 Å². The summed E-state index contributed by atoms with van der Waals surface area (Å²) in [5.41, 5.74) is 5.71. The molecule has 0 spiro atoms. The van der Waals surface area contributed by atoms with E-state index in [-0.39, 0.29) is 30.3 Å². The van der Waals surface area contributed by atoms with Crippen molar-refractivity contribution in [2.24, 2.45) is 5.73 Å². The van der Waals surface area contributed by atoms with E-state index in [0.29, 0.717) is 11.3 Å². The Bertz CT molecular complexity index is 759. The highest BCUT2D eigenvalue weighted by atomic mass is 16.3. The van der Waals surface area contributed by atoms with Gasteiger partial charge in [-0.05, 0) is 36.4 Å². The standard InChI is InChI=1S/C16H16N4O4/c17-13(22)7-9-19-15(23)10-3-5-11(6-4-10)20-16(24)14-12(21)2-1-8-18-14/h1-6,8,21H,7,9H2,(H2,17,22)(H,19,23)(H,20,24). The van der Waals surface area contributed by atoms with Crippen molar-refractivity contribution >= 4 is 23.4 Å². The van der Waals surface area contributed by atoms with Crippen molar-refractivity contribution in [1.29, 1.82) is 0 Å². The third-order valence-corrected chi connectivity index (χ3v) is 3.06. The molecule has 3 amide bonds. The number of amides is 3. The van der Waals surface area contributed by atoms with E-state index >= 15 is 0 Å². The molecule has 124 valence electrons.